The molecular formula is C13H16FNO3. The summed E-state index contributed by atoms with van der Waals surface area (Å²) in [5.74, 6) is -1.96. The maximum atomic E-state index is 12.9. The van der Waals surface area contributed by atoms with Gasteiger partial charge in [0.25, 0.3) is 0 Å². The Kier molecular flexibility index (Phi) is 5.30. The van der Waals surface area contributed by atoms with Crippen LogP contribution in [0.5, 0.6) is 0 Å². The number of amides is 1. The van der Waals surface area contributed by atoms with Crippen LogP contribution in [0.2, 0.25) is 0 Å². The van der Waals surface area contributed by atoms with Crippen molar-refractivity contribution in [3.63, 3.8) is 0 Å². The summed E-state index contributed by atoms with van der Waals surface area (Å²) in [5.41, 5.74) is 0.827. The normalized spacial score (nSPS) is 11.9. The molecule has 0 aliphatic carbocycles. The number of rotatable bonds is 6. The number of hydrogen-bond acceptors (Lipinski definition) is 2. The first kappa shape index (κ1) is 14.2. The molecule has 0 heterocycles. The van der Waals surface area contributed by atoms with E-state index in [9.17, 15) is 14.0 Å². The molecule has 0 spiro atoms. The summed E-state index contributed by atoms with van der Waals surface area (Å²) in [6.07, 6.45) is 1.13. The van der Waals surface area contributed by atoms with Crippen LogP contribution < -0.4 is 5.32 Å². The summed E-state index contributed by atoms with van der Waals surface area (Å²) in [5, 5.41) is 10.7. The van der Waals surface area contributed by atoms with Gasteiger partial charge in [-0.25, -0.2) is 4.39 Å². The van der Waals surface area contributed by atoms with Crippen molar-refractivity contribution in [3.05, 3.63) is 35.6 Å². The molecule has 0 saturated heterocycles. The van der Waals surface area contributed by atoms with Crippen molar-refractivity contribution in [3.8, 4) is 0 Å². The highest BCUT2D eigenvalue weighted by Crippen LogP contribution is 2.11. The fourth-order valence-corrected chi connectivity index (χ4v) is 1.54. The zero-order valence-electron chi connectivity index (χ0n) is 10.1. The summed E-state index contributed by atoms with van der Waals surface area (Å²) in [6, 6.07) is 6.22. The van der Waals surface area contributed by atoms with Crippen LogP contribution in [0.15, 0.2) is 24.3 Å². The summed E-state index contributed by atoms with van der Waals surface area (Å²) < 4.78 is 12.9. The minimum Gasteiger partial charge on any atom is -0.480 e. The lowest BCUT2D eigenvalue weighted by molar-refractivity contribution is -0.138. The van der Waals surface area contributed by atoms with Gasteiger partial charge in [-0.05, 0) is 30.5 Å². The topological polar surface area (TPSA) is 66.4 Å². The summed E-state index contributed by atoms with van der Waals surface area (Å²) in [4.78, 5) is 21.8. The highest BCUT2D eigenvalue weighted by molar-refractivity contribution is 5.82. The molecule has 98 valence electrons. The van der Waals surface area contributed by atoms with E-state index in [0.717, 1.165) is 5.56 Å². The third kappa shape index (κ3) is 4.95. The third-order valence-corrected chi connectivity index (χ3v) is 2.62. The van der Waals surface area contributed by atoms with Crippen molar-refractivity contribution in [1.82, 2.24) is 5.32 Å². The number of halogens is 1. The smallest absolute Gasteiger partial charge is 0.322 e. The largest absolute Gasteiger partial charge is 0.480 e. The van der Waals surface area contributed by atoms with E-state index in [1.54, 1.807) is 19.1 Å². The van der Waals surface area contributed by atoms with Gasteiger partial charge in [-0.2, -0.15) is 0 Å². The first-order valence-corrected chi connectivity index (χ1v) is 5.73. The van der Waals surface area contributed by atoms with E-state index in [1.165, 1.54) is 12.1 Å². The second-order valence-corrected chi connectivity index (χ2v) is 4.18. The molecule has 18 heavy (non-hydrogen) atoms. The van der Waals surface area contributed by atoms with Crippen LogP contribution >= 0.6 is 0 Å². The Balaban J connectivity index is 2.38. The lowest BCUT2D eigenvalue weighted by atomic mass is 10.0. The van der Waals surface area contributed by atoms with E-state index in [1.807, 2.05) is 0 Å². The van der Waals surface area contributed by atoms with Crippen molar-refractivity contribution in [1.29, 1.82) is 0 Å². The van der Waals surface area contributed by atoms with E-state index >= 15 is 0 Å². The second-order valence-electron chi connectivity index (χ2n) is 4.18. The van der Waals surface area contributed by atoms with Crippen molar-refractivity contribution in [2.45, 2.75) is 19.8 Å². The van der Waals surface area contributed by atoms with Gasteiger partial charge in [-0.3, -0.25) is 9.59 Å². The predicted octanol–water partition coefficient (Wildman–Crippen LogP) is 1.60. The Morgan fingerprint density at radius 2 is 2.17 bits per heavy atom. The average molecular weight is 253 g/mol. The number of carboxylic acids is 1. The zero-order valence-corrected chi connectivity index (χ0v) is 10.1. The minimum atomic E-state index is -1.07. The standard InChI is InChI=1S/C13H16FNO3/c1-9(13(18)15-8-12(16)17)5-6-10-3-2-4-11(14)7-10/h2-4,7,9H,5-6,8H2,1H3,(H,15,18)(H,16,17). The van der Waals surface area contributed by atoms with Crippen LogP contribution in [0.3, 0.4) is 0 Å². The summed E-state index contributed by atoms with van der Waals surface area (Å²) in [7, 11) is 0. The fraction of sp³-hybridized carbons (Fsp3) is 0.385. The van der Waals surface area contributed by atoms with Crippen LogP contribution in [-0.4, -0.2) is 23.5 Å². The Hall–Kier alpha value is -1.91. The maximum absolute atomic E-state index is 12.9. The van der Waals surface area contributed by atoms with Gasteiger partial charge in [0.15, 0.2) is 0 Å². The number of carboxylic acid groups (broad SMARTS) is 1. The zero-order chi connectivity index (χ0) is 13.5. The SMILES string of the molecule is CC(CCc1cccc(F)c1)C(=O)NCC(=O)O. The van der Waals surface area contributed by atoms with E-state index in [-0.39, 0.29) is 24.2 Å². The molecule has 0 fully saturated rings. The number of aryl methyl sites for hydroxylation is 1. The first-order valence-electron chi connectivity index (χ1n) is 5.73. The van der Waals surface area contributed by atoms with Gasteiger partial charge in [0.1, 0.15) is 12.4 Å². The highest BCUT2D eigenvalue weighted by Gasteiger charge is 2.13. The number of carbonyl (C=O) groups excluding carboxylic acids is 1. The van der Waals surface area contributed by atoms with Gasteiger partial charge in [0.05, 0.1) is 0 Å². The molecule has 1 aromatic rings. The van der Waals surface area contributed by atoms with Crippen LogP contribution in [0, 0.1) is 11.7 Å². The predicted molar refractivity (Wildman–Crippen MR) is 64.5 cm³/mol. The van der Waals surface area contributed by atoms with Crippen molar-refractivity contribution in [2.24, 2.45) is 5.92 Å². The van der Waals surface area contributed by atoms with E-state index in [0.29, 0.717) is 12.8 Å². The maximum Gasteiger partial charge on any atom is 0.322 e. The molecule has 1 rings (SSSR count). The Morgan fingerprint density at radius 1 is 1.44 bits per heavy atom. The van der Waals surface area contributed by atoms with Crippen LogP contribution in [0.1, 0.15) is 18.9 Å². The molecule has 0 saturated carbocycles. The van der Waals surface area contributed by atoms with Gasteiger partial charge >= 0.3 is 5.97 Å². The third-order valence-electron chi connectivity index (χ3n) is 2.62. The molecule has 1 amide bonds. The molecule has 0 radical (unpaired) electrons. The minimum absolute atomic E-state index is 0.296. The van der Waals surface area contributed by atoms with Gasteiger partial charge in [0, 0.05) is 5.92 Å². The van der Waals surface area contributed by atoms with Crippen molar-refractivity contribution in [2.75, 3.05) is 6.54 Å². The lowest BCUT2D eigenvalue weighted by Crippen LogP contribution is -2.33. The van der Waals surface area contributed by atoms with Crippen molar-refractivity contribution >= 4 is 11.9 Å². The molecule has 4 nitrogen and oxygen atoms in total. The Labute approximate surface area is 105 Å². The number of hydrogen-bond donors (Lipinski definition) is 2. The lowest BCUT2D eigenvalue weighted by Gasteiger charge is -2.10. The number of nitrogens with one attached hydrogen (secondary N) is 1. The van der Waals surface area contributed by atoms with Crippen LogP contribution in [-0.2, 0) is 16.0 Å². The summed E-state index contributed by atoms with van der Waals surface area (Å²) >= 11 is 0. The van der Waals surface area contributed by atoms with E-state index in [2.05, 4.69) is 5.32 Å². The van der Waals surface area contributed by atoms with Crippen LogP contribution in [0.25, 0.3) is 0 Å². The molecule has 2 N–H and O–H groups in total. The monoisotopic (exact) mass is 253 g/mol. The Morgan fingerprint density at radius 3 is 2.78 bits per heavy atom. The average Bonchev–Trinajstić information content (AvgIpc) is 2.33. The number of benzene rings is 1. The quantitative estimate of drug-likeness (QED) is 0.809. The molecule has 0 aromatic heterocycles. The molecule has 1 unspecified atom stereocenters. The molecule has 0 aliphatic rings. The van der Waals surface area contributed by atoms with Gasteiger partial charge < -0.3 is 10.4 Å². The summed E-state index contributed by atoms with van der Waals surface area (Å²) in [6.45, 7) is 1.35. The van der Waals surface area contributed by atoms with Crippen molar-refractivity contribution < 1.29 is 19.1 Å². The van der Waals surface area contributed by atoms with Gasteiger partial charge in [-0.1, -0.05) is 19.1 Å². The molecular weight excluding hydrogens is 237 g/mol. The number of carbonyl (C=O) groups is 2. The molecule has 1 aromatic carbocycles. The number of aliphatic carboxylic acids is 1. The van der Waals surface area contributed by atoms with Gasteiger partial charge in [-0.15, -0.1) is 0 Å². The molecule has 0 bridgehead atoms. The molecule has 0 aliphatic heterocycles. The van der Waals surface area contributed by atoms with Crippen LogP contribution in [0.4, 0.5) is 4.39 Å². The van der Waals surface area contributed by atoms with Gasteiger partial charge in [0.2, 0.25) is 5.91 Å². The molecule has 1 atom stereocenters. The Bertz CT molecular complexity index is 434. The highest BCUT2D eigenvalue weighted by atomic mass is 19.1. The van der Waals surface area contributed by atoms with E-state index < -0.39 is 5.97 Å². The fourth-order valence-electron chi connectivity index (χ4n) is 1.54. The first-order chi connectivity index (χ1) is 8.49. The molecule has 5 heteroatoms. The van der Waals surface area contributed by atoms with E-state index in [4.69, 9.17) is 5.11 Å². The second kappa shape index (κ2) is 6.74.